The number of non-ortho nitro benzene ring substituents is 1. The van der Waals surface area contributed by atoms with E-state index >= 15 is 0 Å². The molecule has 0 aliphatic heterocycles. The molecule has 4 aromatic rings. The lowest BCUT2D eigenvalue weighted by molar-refractivity contribution is -0.384. The van der Waals surface area contributed by atoms with Crippen LogP contribution in [-0.2, 0) is 19.8 Å². The van der Waals surface area contributed by atoms with Crippen molar-refractivity contribution in [3.05, 3.63) is 110 Å². The van der Waals surface area contributed by atoms with Crippen molar-refractivity contribution in [2.45, 2.75) is 23.9 Å². The van der Waals surface area contributed by atoms with Gasteiger partial charge in [0.05, 0.1) is 16.2 Å². The van der Waals surface area contributed by atoms with Crippen molar-refractivity contribution in [2.24, 2.45) is 5.73 Å². The highest BCUT2D eigenvalue weighted by atomic mass is 79.9. The summed E-state index contributed by atoms with van der Waals surface area (Å²) in [6.45, 7) is 1.63. The quantitative estimate of drug-likeness (QED) is 0.0441. The zero-order valence-corrected chi connectivity index (χ0v) is 27.5. The lowest BCUT2D eigenvalue weighted by Gasteiger charge is -2.24. The smallest absolute Gasteiger partial charge is 0.337 e. The van der Waals surface area contributed by atoms with Gasteiger partial charge in [0.25, 0.3) is 5.69 Å². The van der Waals surface area contributed by atoms with Crippen LogP contribution in [0.15, 0.2) is 88.6 Å². The number of benzene rings is 3. The summed E-state index contributed by atoms with van der Waals surface area (Å²) in [6.07, 6.45) is 1.72. The van der Waals surface area contributed by atoms with Crippen LogP contribution in [0.1, 0.15) is 29.3 Å². The SMILES string of the molecule is CCC(C(N)=O)(C(=O)O)c1ccccc1.Nc1nc(SCC(=O)O)ncc1-c1ccc(Cl)cc1.O=C(O)c1cc([N+](=O)[O-])ccc1Br. The van der Waals surface area contributed by atoms with Crippen molar-refractivity contribution >= 4 is 74.6 Å². The van der Waals surface area contributed by atoms with Gasteiger partial charge in [-0.3, -0.25) is 24.5 Å². The monoisotopic (exact) mass is 747 g/mol. The van der Waals surface area contributed by atoms with Crippen molar-refractivity contribution in [1.82, 2.24) is 9.97 Å². The number of nitrogens with two attached hydrogens (primary N) is 2. The number of thioether (sulfide) groups is 1. The number of hydrogen-bond acceptors (Lipinski definition) is 10. The number of aliphatic carboxylic acids is 2. The number of carbonyl (C=O) groups excluding carboxylic acids is 1. The Morgan fingerprint density at radius 1 is 1.02 bits per heavy atom. The van der Waals surface area contributed by atoms with Gasteiger partial charge in [0.1, 0.15) is 5.82 Å². The van der Waals surface area contributed by atoms with E-state index < -0.39 is 34.2 Å². The maximum Gasteiger partial charge on any atom is 0.337 e. The van der Waals surface area contributed by atoms with Crippen LogP contribution in [0.4, 0.5) is 11.5 Å². The number of aromatic nitrogens is 2. The highest BCUT2D eigenvalue weighted by Gasteiger charge is 2.44. The zero-order chi connectivity index (χ0) is 35.3. The molecule has 0 fully saturated rings. The number of aromatic carboxylic acids is 1. The molecule has 246 valence electrons. The van der Waals surface area contributed by atoms with E-state index in [0.29, 0.717) is 31.6 Å². The van der Waals surface area contributed by atoms with E-state index in [1.165, 1.54) is 12.1 Å². The third-order valence-electron chi connectivity index (χ3n) is 6.25. The molecular formula is C30H27BrClN5O9S. The molecule has 0 aliphatic rings. The lowest BCUT2D eigenvalue weighted by atomic mass is 9.77. The first kappa shape index (κ1) is 38.1. The predicted octanol–water partition coefficient (Wildman–Crippen LogP) is 5.52. The Labute approximate surface area is 285 Å². The van der Waals surface area contributed by atoms with Crippen LogP contribution in [0.3, 0.4) is 0 Å². The molecule has 1 atom stereocenters. The Kier molecular flexibility index (Phi) is 14.3. The number of anilines is 1. The fraction of sp³-hybridized carbons (Fsp3) is 0.133. The van der Waals surface area contributed by atoms with Crippen molar-refractivity contribution < 1.29 is 39.4 Å². The van der Waals surface area contributed by atoms with Crippen LogP contribution in [0.2, 0.25) is 5.02 Å². The van der Waals surface area contributed by atoms with Crippen LogP contribution in [0.5, 0.6) is 0 Å². The minimum atomic E-state index is -1.61. The molecule has 1 amide bonds. The Morgan fingerprint density at radius 3 is 2.11 bits per heavy atom. The number of nitro groups is 1. The first-order valence-electron chi connectivity index (χ1n) is 13.1. The number of primary amides is 1. The summed E-state index contributed by atoms with van der Waals surface area (Å²) < 4.78 is 0.325. The van der Waals surface area contributed by atoms with Crippen LogP contribution < -0.4 is 11.5 Å². The standard InChI is InChI=1S/C12H10ClN3O2S.C11H13NO3.C7H4BrNO4/c13-8-3-1-7(2-4-8)9-5-15-12(16-11(9)14)19-6-10(17)18;1-2-11(9(12)13,10(14)15)8-6-4-3-5-7-8;8-6-2-1-4(9(12)13)3-5(6)7(10)11/h1-5H,6H2,(H,17,18)(H2,14,15,16);3-7H,2H2,1H3,(H2,12,13)(H,14,15);1-3H,(H,10,11). The highest BCUT2D eigenvalue weighted by molar-refractivity contribution is 9.10. The number of nitrogens with zero attached hydrogens (tertiary/aromatic N) is 3. The molecule has 1 aromatic heterocycles. The summed E-state index contributed by atoms with van der Waals surface area (Å²) in [5.74, 6) is -3.94. The number of carbonyl (C=O) groups is 4. The molecular weight excluding hydrogens is 722 g/mol. The van der Waals surface area contributed by atoms with Gasteiger partial charge in [0, 0.05) is 33.4 Å². The summed E-state index contributed by atoms with van der Waals surface area (Å²) >= 11 is 9.82. The number of carboxylic acids is 3. The maximum absolute atomic E-state index is 11.3. The van der Waals surface area contributed by atoms with Crippen LogP contribution in [0, 0.1) is 10.1 Å². The van der Waals surface area contributed by atoms with E-state index in [1.807, 2.05) is 12.1 Å². The van der Waals surface area contributed by atoms with Gasteiger partial charge in [-0.25, -0.2) is 14.8 Å². The summed E-state index contributed by atoms with van der Waals surface area (Å²) in [7, 11) is 0. The second-order valence-electron chi connectivity index (χ2n) is 9.16. The third-order valence-corrected chi connectivity index (χ3v) is 8.04. The maximum atomic E-state index is 11.3. The van der Waals surface area contributed by atoms with E-state index in [9.17, 15) is 29.3 Å². The Bertz CT molecular complexity index is 1750. The largest absolute Gasteiger partial charge is 0.481 e. The van der Waals surface area contributed by atoms with Gasteiger partial charge in [-0.2, -0.15) is 0 Å². The van der Waals surface area contributed by atoms with E-state index in [2.05, 4.69) is 25.9 Å². The first-order valence-corrected chi connectivity index (χ1v) is 15.3. The number of carboxylic acid groups (broad SMARTS) is 3. The topological polar surface area (TPSA) is 250 Å². The lowest BCUT2D eigenvalue weighted by Crippen LogP contribution is -2.47. The minimum absolute atomic E-state index is 0.0975. The van der Waals surface area contributed by atoms with Gasteiger partial charge in [0.2, 0.25) is 5.91 Å². The molecule has 0 saturated carbocycles. The molecule has 3 aromatic carbocycles. The molecule has 0 spiro atoms. The normalized spacial score (nSPS) is 11.4. The molecule has 47 heavy (non-hydrogen) atoms. The summed E-state index contributed by atoms with van der Waals surface area (Å²) in [4.78, 5) is 61.3. The average Bonchev–Trinajstić information content (AvgIpc) is 3.02. The molecule has 0 aliphatic carbocycles. The third kappa shape index (κ3) is 10.5. The second kappa shape index (κ2) is 17.6. The van der Waals surface area contributed by atoms with Crippen molar-refractivity contribution in [3.8, 4) is 11.1 Å². The van der Waals surface area contributed by atoms with Crippen molar-refractivity contribution in [3.63, 3.8) is 0 Å². The van der Waals surface area contributed by atoms with Crippen molar-refractivity contribution in [1.29, 1.82) is 0 Å². The molecule has 0 saturated heterocycles. The van der Waals surface area contributed by atoms with E-state index in [0.717, 1.165) is 23.4 Å². The van der Waals surface area contributed by atoms with Crippen LogP contribution in [-0.4, -0.2) is 59.8 Å². The van der Waals surface area contributed by atoms with E-state index in [1.54, 1.807) is 55.6 Å². The fourth-order valence-corrected chi connectivity index (χ4v) is 4.92. The van der Waals surface area contributed by atoms with Crippen LogP contribution in [0.25, 0.3) is 11.1 Å². The van der Waals surface area contributed by atoms with E-state index in [-0.39, 0.29) is 23.4 Å². The molecule has 4 rings (SSSR count). The molecule has 0 bridgehead atoms. The average molecular weight is 749 g/mol. The van der Waals surface area contributed by atoms with Crippen molar-refractivity contribution in [2.75, 3.05) is 11.5 Å². The number of nitro benzene ring substituents is 1. The highest BCUT2D eigenvalue weighted by Crippen LogP contribution is 2.29. The number of halogens is 2. The van der Waals surface area contributed by atoms with E-state index in [4.69, 9.17) is 38.4 Å². The number of amides is 1. The molecule has 14 nitrogen and oxygen atoms in total. The predicted molar refractivity (Wildman–Crippen MR) is 178 cm³/mol. The zero-order valence-electron chi connectivity index (χ0n) is 24.4. The second-order valence-corrected chi connectivity index (χ2v) is 11.4. The fourth-order valence-electron chi connectivity index (χ4n) is 3.84. The summed E-state index contributed by atoms with van der Waals surface area (Å²) in [5.41, 5.74) is 11.1. The molecule has 1 unspecified atom stereocenters. The van der Waals surface area contributed by atoms with Gasteiger partial charge < -0.3 is 26.8 Å². The van der Waals surface area contributed by atoms with Gasteiger partial charge in [-0.05, 0) is 51.7 Å². The van der Waals surface area contributed by atoms with Gasteiger partial charge in [0.15, 0.2) is 10.6 Å². The van der Waals surface area contributed by atoms with Gasteiger partial charge >= 0.3 is 17.9 Å². The Balaban J connectivity index is 0.000000250. The molecule has 7 N–H and O–H groups in total. The number of nitrogen functional groups attached to an aromatic ring is 1. The Hall–Kier alpha value is -5.06. The molecule has 0 radical (unpaired) electrons. The number of hydrogen-bond donors (Lipinski definition) is 5. The molecule has 17 heteroatoms. The summed E-state index contributed by atoms with van der Waals surface area (Å²) in [6, 6.07) is 19.1. The molecule has 1 heterocycles. The minimum Gasteiger partial charge on any atom is -0.481 e. The first-order chi connectivity index (χ1) is 22.1. The van der Waals surface area contributed by atoms with Gasteiger partial charge in [-0.1, -0.05) is 72.8 Å². The van der Waals surface area contributed by atoms with Crippen LogP contribution >= 0.6 is 39.3 Å². The number of rotatable bonds is 10. The summed E-state index contributed by atoms with van der Waals surface area (Å²) in [5, 5.41) is 37.6. The van der Waals surface area contributed by atoms with Gasteiger partial charge in [-0.15, -0.1) is 0 Å². The Morgan fingerprint density at radius 2 is 1.64 bits per heavy atom.